The predicted molar refractivity (Wildman–Crippen MR) is 44.5 cm³/mol. The number of carbonyl (C=O) groups is 2. The van der Waals surface area contributed by atoms with E-state index in [0.29, 0.717) is 6.54 Å². The van der Waals surface area contributed by atoms with Gasteiger partial charge in [0, 0.05) is 11.4 Å². The number of amides is 3. The van der Waals surface area contributed by atoms with Crippen LogP contribution in [0.5, 0.6) is 0 Å². The van der Waals surface area contributed by atoms with E-state index in [1.807, 2.05) is 0 Å². The lowest BCUT2D eigenvalue weighted by atomic mass is 10.2. The number of nitrogens with one attached hydrogen (secondary N) is 2. The van der Waals surface area contributed by atoms with E-state index in [1.165, 1.54) is 0 Å². The Morgan fingerprint density at radius 3 is 3.00 bits per heavy atom. The maximum Gasteiger partial charge on any atom is 0.336 e. The van der Waals surface area contributed by atoms with Crippen molar-refractivity contribution in [2.45, 2.75) is 17.3 Å². The van der Waals surface area contributed by atoms with Crippen LogP contribution >= 0.6 is 15.9 Å². The highest BCUT2D eigenvalue weighted by Crippen LogP contribution is 2.22. The summed E-state index contributed by atoms with van der Waals surface area (Å²) in [7, 11) is 0. The Morgan fingerprint density at radius 1 is 1.50 bits per heavy atom. The van der Waals surface area contributed by atoms with Crippen molar-refractivity contribution in [1.29, 1.82) is 0 Å². The molecule has 0 bridgehead atoms. The van der Waals surface area contributed by atoms with Gasteiger partial charge < -0.3 is 0 Å². The van der Waals surface area contributed by atoms with Crippen molar-refractivity contribution in [2.24, 2.45) is 0 Å². The molecule has 2 unspecified atom stereocenters. The van der Waals surface area contributed by atoms with Crippen LogP contribution < -0.4 is 10.7 Å². The van der Waals surface area contributed by atoms with E-state index in [9.17, 15) is 9.59 Å². The molecule has 2 aliphatic rings. The summed E-state index contributed by atoms with van der Waals surface area (Å²) in [6.07, 6.45) is 0.742. The molecule has 0 radical (unpaired) electrons. The van der Waals surface area contributed by atoms with E-state index in [4.69, 9.17) is 0 Å². The number of imide groups is 1. The lowest BCUT2D eigenvalue weighted by Gasteiger charge is -2.28. The molecular weight excluding hydrogens is 226 g/mol. The number of hydrogen-bond donors (Lipinski definition) is 2. The summed E-state index contributed by atoms with van der Waals surface area (Å²) < 4.78 is 0. The van der Waals surface area contributed by atoms with Crippen molar-refractivity contribution in [3.8, 4) is 0 Å². The highest BCUT2D eigenvalue weighted by atomic mass is 79.9. The van der Waals surface area contributed by atoms with E-state index in [2.05, 4.69) is 26.7 Å². The first-order chi connectivity index (χ1) is 5.66. The van der Waals surface area contributed by atoms with Crippen LogP contribution in [0, 0.1) is 0 Å². The summed E-state index contributed by atoms with van der Waals surface area (Å²) in [6, 6.07) is -0.634. The fraction of sp³-hybridized carbons (Fsp3) is 0.667. The monoisotopic (exact) mass is 233 g/mol. The Bertz CT molecular complexity index is 245. The van der Waals surface area contributed by atoms with Gasteiger partial charge in [-0.3, -0.25) is 15.5 Å². The highest BCUT2D eigenvalue weighted by Gasteiger charge is 2.40. The second kappa shape index (κ2) is 2.70. The minimum atomic E-state index is -0.433. The molecule has 0 aromatic carbocycles. The van der Waals surface area contributed by atoms with Crippen molar-refractivity contribution >= 4 is 27.9 Å². The van der Waals surface area contributed by atoms with Gasteiger partial charge in [-0.05, 0) is 6.42 Å². The van der Waals surface area contributed by atoms with E-state index < -0.39 is 6.03 Å². The summed E-state index contributed by atoms with van der Waals surface area (Å²) in [5.41, 5.74) is 2.57. The van der Waals surface area contributed by atoms with Gasteiger partial charge in [-0.2, -0.15) is 0 Å². The number of urea groups is 1. The zero-order valence-corrected chi connectivity index (χ0v) is 7.80. The van der Waals surface area contributed by atoms with Crippen LogP contribution in [-0.4, -0.2) is 34.4 Å². The number of hydrazine groups is 1. The Morgan fingerprint density at radius 2 is 2.25 bits per heavy atom. The normalized spacial score (nSPS) is 35.8. The number of rotatable bonds is 0. The number of hydrogen-bond acceptors (Lipinski definition) is 3. The van der Waals surface area contributed by atoms with Crippen molar-refractivity contribution in [2.75, 3.05) is 6.54 Å². The van der Waals surface area contributed by atoms with Crippen molar-refractivity contribution in [3.63, 3.8) is 0 Å². The Kier molecular flexibility index (Phi) is 1.80. The maximum absolute atomic E-state index is 11.2. The third-order valence-corrected chi connectivity index (χ3v) is 2.70. The predicted octanol–water partition coefficient (Wildman–Crippen LogP) is -0.421. The first-order valence-electron chi connectivity index (χ1n) is 3.69. The molecule has 12 heavy (non-hydrogen) atoms. The molecular formula is C6H8BrN3O2. The molecule has 6 heteroatoms. The molecule has 2 saturated heterocycles. The van der Waals surface area contributed by atoms with Gasteiger partial charge in [-0.25, -0.2) is 9.80 Å². The van der Waals surface area contributed by atoms with E-state index in [0.717, 1.165) is 6.42 Å². The second-order valence-corrected chi connectivity index (χ2v) is 4.23. The summed E-state index contributed by atoms with van der Waals surface area (Å²) in [5, 5.41) is 3.89. The molecule has 2 fully saturated rings. The minimum Gasteiger partial charge on any atom is -0.276 e. The smallest absolute Gasteiger partial charge is 0.276 e. The van der Waals surface area contributed by atoms with E-state index >= 15 is 0 Å². The molecule has 2 atom stereocenters. The quantitative estimate of drug-likeness (QED) is 0.559. The van der Waals surface area contributed by atoms with Crippen LogP contribution in [0.2, 0.25) is 0 Å². The molecule has 0 aliphatic carbocycles. The van der Waals surface area contributed by atoms with Crippen LogP contribution in [0.25, 0.3) is 0 Å². The standard InChI is InChI=1S/C6H8BrN3O2/c7-3-1-4-5(11)8-6(12)9-10(4)2-3/h3-4H,1-2H2,(H2,8,9,11,12). The molecule has 0 saturated carbocycles. The van der Waals surface area contributed by atoms with Gasteiger partial charge in [0.15, 0.2) is 0 Å². The van der Waals surface area contributed by atoms with Crippen molar-refractivity contribution in [3.05, 3.63) is 0 Å². The van der Waals surface area contributed by atoms with Crippen LogP contribution in [0.4, 0.5) is 4.79 Å². The lowest BCUT2D eigenvalue weighted by molar-refractivity contribution is -0.126. The fourth-order valence-corrected chi connectivity index (χ4v) is 2.18. The lowest BCUT2D eigenvalue weighted by Crippen LogP contribution is -2.61. The number of nitrogens with zero attached hydrogens (tertiary/aromatic N) is 1. The third-order valence-electron chi connectivity index (χ3n) is 2.03. The SMILES string of the molecule is O=C1NC(=O)C2CC(Br)CN2N1. The molecule has 3 amide bonds. The van der Waals surface area contributed by atoms with Crippen LogP contribution in [0.15, 0.2) is 0 Å². The molecule has 5 nitrogen and oxygen atoms in total. The number of fused-ring (bicyclic) bond motifs is 1. The topological polar surface area (TPSA) is 61.4 Å². The Labute approximate surface area is 77.6 Å². The Hall–Kier alpha value is -0.620. The summed E-state index contributed by atoms with van der Waals surface area (Å²) in [6.45, 7) is 0.684. The van der Waals surface area contributed by atoms with Crippen LogP contribution in [0.1, 0.15) is 6.42 Å². The zero-order valence-electron chi connectivity index (χ0n) is 6.21. The van der Waals surface area contributed by atoms with Crippen molar-refractivity contribution < 1.29 is 9.59 Å². The summed E-state index contributed by atoms with van der Waals surface area (Å²) in [4.78, 5) is 22.3. The van der Waals surface area contributed by atoms with Gasteiger partial charge in [0.25, 0.3) is 0 Å². The largest absolute Gasteiger partial charge is 0.336 e. The number of carbonyl (C=O) groups excluding carboxylic acids is 2. The van der Waals surface area contributed by atoms with Crippen LogP contribution in [-0.2, 0) is 4.79 Å². The molecule has 0 aromatic rings. The third kappa shape index (κ3) is 1.21. The molecule has 2 aliphatic heterocycles. The maximum atomic E-state index is 11.2. The van der Waals surface area contributed by atoms with Crippen molar-refractivity contribution in [1.82, 2.24) is 15.8 Å². The molecule has 2 heterocycles. The molecule has 2 rings (SSSR count). The average Bonchev–Trinajstić information content (AvgIpc) is 2.29. The molecule has 0 aromatic heterocycles. The van der Waals surface area contributed by atoms with Gasteiger partial charge in [-0.1, -0.05) is 15.9 Å². The number of halogens is 1. The second-order valence-electron chi connectivity index (χ2n) is 2.93. The average molecular weight is 234 g/mol. The first-order valence-corrected chi connectivity index (χ1v) is 4.60. The summed E-state index contributed by atoms with van der Waals surface area (Å²) in [5.74, 6) is -0.208. The van der Waals surface area contributed by atoms with E-state index in [1.54, 1.807) is 5.01 Å². The summed E-state index contributed by atoms with van der Waals surface area (Å²) >= 11 is 3.40. The van der Waals surface area contributed by atoms with Gasteiger partial charge in [0.05, 0.1) is 0 Å². The Balaban J connectivity index is 2.15. The van der Waals surface area contributed by atoms with Gasteiger partial charge >= 0.3 is 6.03 Å². The molecule has 2 N–H and O–H groups in total. The molecule has 0 spiro atoms. The molecule has 66 valence electrons. The van der Waals surface area contributed by atoms with Gasteiger partial charge in [0.1, 0.15) is 6.04 Å². The fourth-order valence-electron chi connectivity index (χ4n) is 1.51. The highest BCUT2D eigenvalue weighted by molar-refractivity contribution is 9.09. The first kappa shape index (κ1) is 8.00. The van der Waals surface area contributed by atoms with Crippen LogP contribution in [0.3, 0.4) is 0 Å². The van der Waals surface area contributed by atoms with Gasteiger partial charge in [0.2, 0.25) is 5.91 Å². The zero-order chi connectivity index (χ0) is 8.72. The minimum absolute atomic E-state index is 0.202. The van der Waals surface area contributed by atoms with E-state index in [-0.39, 0.29) is 16.8 Å². The van der Waals surface area contributed by atoms with Gasteiger partial charge in [-0.15, -0.1) is 0 Å². The number of alkyl halides is 1.